The molecule has 13 heavy (non-hydrogen) atoms. The average molecular weight is 252 g/mol. The summed E-state index contributed by atoms with van der Waals surface area (Å²) in [6.45, 7) is -0.446. The van der Waals surface area contributed by atoms with E-state index in [0.717, 1.165) is 0 Å². The van der Waals surface area contributed by atoms with Gasteiger partial charge in [-0.3, -0.25) is 0 Å². The maximum Gasteiger partial charge on any atom is 0.255 e. The Labute approximate surface area is 82.5 Å². The molecule has 3 nitrogen and oxygen atoms in total. The topological polar surface area (TPSA) is 50.9 Å². The number of pyridine rings is 1. The number of nitrogens with zero attached hydrogens (tertiary/aromatic N) is 1. The third-order valence-electron chi connectivity index (χ3n) is 1.31. The summed E-state index contributed by atoms with van der Waals surface area (Å²) in [6, 6.07) is 1.60. The van der Waals surface area contributed by atoms with Crippen molar-refractivity contribution in [3.63, 3.8) is 0 Å². The highest BCUT2D eigenvalue weighted by atomic mass is 79.9. The lowest BCUT2D eigenvalue weighted by atomic mass is 10.4. The van der Waals surface area contributed by atoms with E-state index in [4.69, 9.17) is 5.73 Å². The Bertz CT molecular complexity index is 293. The Kier molecular flexibility index (Phi) is 3.41. The first-order chi connectivity index (χ1) is 6.09. The molecule has 0 aliphatic rings. The molecule has 0 amide bonds. The molecule has 0 atom stereocenters. The minimum atomic E-state index is -2.41. The summed E-state index contributed by atoms with van der Waals surface area (Å²) < 4.78 is 24.3. The van der Waals surface area contributed by atoms with Gasteiger partial charge in [-0.25, -0.2) is 13.8 Å². The first kappa shape index (κ1) is 10.2. The van der Waals surface area contributed by atoms with Crippen LogP contribution in [0.2, 0.25) is 0 Å². The molecule has 1 heterocycles. The molecule has 1 rings (SSSR count). The highest BCUT2D eigenvalue weighted by Gasteiger charge is 2.05. The molecule has 0 saturated heterocycles. The van der Waals surface area contributed by atoms with Gasteiger partial charge in [-0.05, 0) is 22.0 Å². The predicted octanol–water partition coefficient (Wildman–Crippen LogP) is 2.10. The lowest BCUT2D eigenvalue weighted by Gasteiger charge is -2.07. The Hall–Kier alpha value is -0.910. The normalized spacial score (nSPS) is 10.5. The van der Waals surface area contributed by atoms with E-state index >= 15 is 0 Å². The largest absolute Gasteiger partial charge is 0.396 e. The van der Waals surface area contributed by atoms with Crippen molar-refractivity contribution in [2.24, 2.45) is 0 Å². The maximum atomic E-state index is 11.8. The maximum absolute atomic E-state index is 11.8. The van der Waals surface area contributed by atoms with Gasteiger partial charge in [-0.15, -0.1) is 0 Å². The molecule has 0 saturated carbocycles. The number of hydrogen-bond donors (Lipinski definition) is 2. The zero-order chi connectivity index (χ0) is 9.84. The monoisotopic (exact) mass is 251 g/mol. The first-order valence-corrected chi connectivity index (χ1v) is 4.32. The minimum Gasteiger partial charge on any atom is -0.396 e. The van der Waals surface area contributed by atoms with Gasteiger partial charge >= 0.3 is 0 Å². The highest BCUT2D eigenvalue weighted by Crippen LogP contribution is 2.19. The van der Waals surface area contributed by atoms with Gasteiger partial charge in [0.25, 0.3) is 6.43 Å². The summed E-state index contributed by atoms with van der Waals surface area (Å²) in [5.74, 6) is 0.281. The zero-order valence-electron chi connectivity index (χ0n) is 6.60. The van der Waals surface area contributed by atoms with Crippen LogP contribution in [0.1, 0.15) is 0 Å². The molecular weight excluding hydrogens is 244 g/mol. The molecule has 6 heteroatoms. The molecule has 0 radical (unpaired) electrons. The smallest absolute Gasteiger partial charge is 0.255 e. The van der Waals surface area contributed by atoms with Crippen LogP contribution in [-0.2, 0) is 0 Å². The van der Waals surface area contributed by atoms with Crippen molar-refractivity contribution in [3.8, 4) is 0 Å². The standard InChI is InChI=1S/C7H8BrF2N3/c8-4-1-5(11)7(12-2-4)13-3-6(9)10/h1-2,6H,3,11H2,(H,12,13). The van der Waals surface area contributed by atoms with Crippen molar-refractivity contribution in [2.75, 3.05) is 17.6 Å². The third-order valence-corrected chi connectivity index (χ3v) is 1.74. The van der Waals surface area contributed by atoms with Crippen LogP contribution in [0.4, 0.5) is 20.3 Å². The van der Waals surface area contributed by atoms with Crippen LogP contribution in [0.5, 0.6) is 0 Å². The van der Waals surface area contributed by atoms with Crippen LogP contribution < -0.4 is 11.1 Å². The lowest BCUT2D eigenvalue weighted by molar-refractivity contribution is 0.163. The number of nitrogens with two attached hydrogens (primary N) is 1. The summed E-state index contributed by atoms with van der Waals surface area (Å²) in [6.07, 6.45) is -0.922. The van der Waals surface area contributed by atoms with Gasteiger partial charge < -0.3 is 11.1 Å². The zero-order valence-corrected chi connectivity index (χ0v) is 8.18. The summed E-state index contributed by atoms with van der Waals surface area (Å²) in [7, 11) is 0. The SMILES string of the molecule is Nc1cc(Br)cnc1NCC(F)F. The fourth-order valence-corrected chi connectivity index (χ4v) is 1.13. The summed E-state index contributed by atoms with van der Waals surface area (Å²) >= 11 is 3.16. The van der Waals surface area contributed by atoms with Crippen molar-refractivity contribution in [1.82, 2.24) is 4.98 Å². The van der Waals surface area contributed by atoms with Crippen LogP contribution in [0, 0.1) is 0 Å². The average Bonchev–Trinajstić information content (AvgIpc) is 2.02. The van der Waals surface area contributed by atoms with Gasteiger partial charge in [-0.2, -0.15) is 0 Å². The highest BCUT2D eigenvalue weighted by molar-refractivity contribution is 9.10. The molecule has 0 aromatic carbocycles. The minimum absolute atomic E-state index is 0.281. The third kappa shape index (κ3) is 3.14. The number of nitrogen functional groups attached to an aromatic ring is 1. The molecular formula is C7H8BrF2N3. The molecule has 3 N–H and O–H groups in total. The summed E-state index contributed by atoms with van der Waals surface area (Å²) in [5, 5.41) is 2.43. The first-order valence-electron chi connectivity index (χ1n) is 3.52. The molecule has 0 aliphatic heterocycles. The Morgan fingerprint density at radius 2 is 2.31 bits per heavy atom. The van der Waals surface area contributed by atoms with Crippen LogP contribution in [0.25, 0.3) is 0 Å². The predicted molar refractivity (Wildman–Crippen MR) is 50.8 cm³/mol. The number of aromatic nitrogens is 1. The van der Waals surface area contributed by atoms with E-state index in [2.05, 4.69) is 26.2 Å². The van der Waals surface area contributed by atoms with Crippen molar-refractivity contribution in [1.29, 1.82) is 0 Å². The van der Waals surface area contributed by atoms with Gasteiger partial charge in [0.05, 0.1) is 12.2 Å². The molecule has 0 aliphatic carbocycles. The lowest BCUT2D eigenvalue weighted by Crippen LogP contribution is -2.12. The van der Waals surface area contributed by atoms with E-state index in [0.29, 0.717) is 10.2 Å². The van der Waals surface area contributed by atoms with Crippen LogP contribution >= 0.6 is 15.9 Å². The van der Waals surface area contributed by atoms with E-state index in [1.807, 2.05) is 0 Å². The molecule has 1 aromatic heterocycles. The van der Waals surface area contributed by atoms with Crippen molar-refractivity contribution < 1.29 is 8.78 Å². The van der Waals surface area contributed by atoms with E-state index in [-0.39, 0.29) is 5.82 Å². The van der Waals surface area contributed by atoms with Gasteiger partial charge in [-0.1, -0.05) is 0 Å². The van der Waals surface area contributed by atoms with Crippen molar-refractivity contribution >= 4 is 27.4 Å². The van der Waals surface area contributed by atoms with Crippen LogP contribution in [0.15, 0.2) is 16.7 Å². The van der Waals surface area contributed by atoms with Crippen LogP contribution in [-0.4, -0.2) is 18.0 Å². The number of halogens is 3. The molecule has 0 bridgehead atoms. The summed E-state index contributed by atoms with van der Waals surface area (Å²) in [5.41, 5.74) is 5.85. The molecule has 72 valence electrons. The van der Waals surface area contributed by atoms with E-state index in [1.54, 1.807) is 6.07 Å². The second kappa shape index (κ2) is 4.36. The summed E-state index contributed by atoms with van der Waals surface area (Å²) in [4.78, 5) is 3.83. The number of rotatable bonds is 3. The van der Waals surface area contributed by atoms with Crippen molar-refractivity contribution in [3.05, 3.63) is 16.7 Å². The number of alkyl halides is 2. The quantitative estimate of drug-likeness (QED) is 0.866. The van der Waals surface area contributed by atoms with Gasteiger partial charge in [0, 0.05) is 10.7 Å². The van der Waals surface area contributed by atoms with Gasteiger partial charge in [0.2, 0.25) is 0 Å². The molecule has 0 spiro atoms. The Morgan fingerprint density at radius 3 is 2.85 bits per heavy atom. The second-order valence-corrected chi connectivity index (χ2v) is 3.28. The molecule has 1 aromatic rings. The van der Waals surface area contributed by atoms with Crippen molar-refractivity contribution in [2.45, 2.75) is 6.43 Å². The van der Waals surface area contributed by atoms with Gasteiger partial charge in [0.1, 0.15) is 5.82 Å². The van der Waals surface area contributed by atoms with Gasteiger partial charge in [0.15, 0.2) is 0 Å². The molecule has 0 unspecified atom stereocenters. The van der Waals surface area contributed by atoms with E-state index in [9.17, 15) is 8.78 Å². The number of anilines is 2. The fraction of sp³-hybridized carbons (Fsp3) is 0.286. The number of hydrogen-bond acceptors (Lipinski definition) is 3. The fourth-order valence-electron chi connectivity index (χ4n) is 0.776. The van der Waals surface area contributed by atoms with Crippen LogP contribution in [0.3, 0.4) is 0 Å². The van der Waals surface area contributed by atoms with E-state index in [1.165, 1.54) is 6.20 Å². The second-order valence-electron chi connectivity index (χ2n) is 2.36. The Morgan fingerprint density at radius 1 is 1.62 bits per heavy atom. The van der Waals surface area contributed by atoms with E-state index < -0.39 is 13.0 Å². The molecule has 0 fully saturated rings. The number of nitrogens with one attached hydrogen (secondary N) is 1. The Balaban J connectivity index is 2.67.